The fourth-order valence-electron chi connectivity index (χ4n) is 4.99. The maximum atomic E-state index is 14.1. The van der Waals surface area contributed by atoms with Crippen molar-refractivity contribution in [3.63, 3.8) is 0 Å². The van der Waals surface area contributed by atoms with Crippen LogP contribution in [0.1, 0.15) is 5.56 Å². The van der Waals surface area contributed by atoms with Crippen LogP contribution in [0.15, 0.2) is 97.1 Å². The van der Waals surface area contributed by atoms with E-state index in [1.54, 1.807) is 47.0 Å². The maximum Gasteiger partial charge on any atom is 0.418 e. The molecule has 0 saturated carbocycles. The third-order valence-corrected chi connectivity index (χ3v) is 7.48. The largest absolute Gasteiger partial charge is 0.418 e. The Morgan fingerprint density at radius 1 is 0.487 bits per heavy atom. The van der Waals surface area contributed by atoms with Gasteiger partial charge < -0.3 is 4.57 Å². The highest BCUT2D eigenvalue weighted by Crippen LogP contribution is 2.41. The van der Waals surface area contributed by atoms with Crippen molar-refractivity contribution in [1.82, 2.24) is 4.57 Å². The molecule has 0 bridgehead atoms. The lowest BCUT2D eigenvalue weighted by molar-refractivity contribution is -0.137. The molecule has 0 aliphatic heterocycles. The molecule has 1 nitrogen and oxygen atoms in total. The summed E-state index contributed by atoms with van der Waals surface area (Å²) in [5, 5.41) is 3.48. The Balaban J connectivity index is 1.69. The fourth-order valence-corrected chi connectivity index (χ4v) is 6.04. The lowest BCUT2D eigenvalue weighted by Crippen LogP contribution is -2.10. The van der Waals surface area contributed by atoms with Gasteiger partial charge in [0.1, 0.15) is 0 Å². The van der Waals surface area contributed by atoms with E-state index in [0.29, 0.717) is 31.1 Å². The molecule has 1 aromatic heterocycles. The summed E-state index contributed by atoms with van der Waals surface area (Å²) in [5.41, 5.74) is 3.81. The van der Waals surface area contributed by atoms with E-state index in [9.17, 15) is 13.2 Å². The zero-order valence-electron chi connectivity index (χ0n) is 19.8. The first kappa shape index (κ1) is 26.1. The normalized spacial score (nSPS) is 12.0. The summed E-state index contributed by atoms with van der Waals surface area (Å²) in [4.78, 5) is 0. The smallest absolute Gasteiger partial charge is 0.309 e. The van der Waals surface area contributed by atoms with Gasteiger partial charge in [0.2, 0.25) is 0 Å². The van der Waals surface area contributed by atoms with Crippen LogP contribution in [0.4, 0.5) is 13.2 Å². The van der Waals surface area contributed by atoms with Gasteiger partial charge in [0, 0.05) is 30.9 Å². The van der Waals surface area contributed by atoms with Crippen LogP contribution in [0.2, 0.25) is 20.1 Å². The molecule has 5 aromatic carbocycles. The van der Waals surface area contributed by atoms with Gasteiger partial charge in [-0.1, -0.05) is 70.7 Å². The molecule has 0 spiro atoms. The van der Waals surface area contributed by atoms with E-state index in [1.165, 1.54) is 12.1 Å². The van der Waals surface area contributed by atoms with Crippen molar-refractivity contribution in [3.8, 4) is 27.9 Å². The lowest BCUT2D eigenvalue weighted by Gasteiger charge is -2.16. The molecule has 0 unspecified atom stereocenters. The minimum atomic E-state index is -4.53. The zero-order chi connectivity index (χ0) is 27.5. The number of rotatable bonds is 3. The van der Waals surface area contributed by atoms with Gasteiger partial charge in [-0.25, -0.2) is 0 Å². The van der Waals surface area contributed by atoms with E-state index in [-0.39, 0.29) is 5.69 Å². The third kappa shape index (κ3) is 4.87. The number of hydrogen-bond donors (Lipinski definition) is 0. The molecule has 39 heavy (non-hydrogen) atoms. The van der Waals surface area contributed by atoms with Gasteiger partial charge in [-0.3, -0.25) is 0 Å². The van der Waals surface area contributed by atoms with Gasteiger partial charge in [-0.15, -0.1) is 0 Å². The van der Waals surface area contributed by atoms with Crippen LogP contribution in [0, 0.1) is 0 Å². The van der Waals surface area contributed by atoms with Crippen LogP contribution in [-0.4, -0.2) is 4.57 Å². The minimum Gasteiger partial charge on any atom is -0.309 e. The minimum absolute atomic E-state index is 0.0436. The van der Waals surface area contributed by atoms with Crippen molar-refractivity contribution in [3.05, 3.63) is 123 Å². The van der Waals surface area contributed by atoms with E-state index in [0.717, 1.165) is 39.1 Å². The van der Waals surface area contributed by atoms with E-state index in [2.05, 4.69) is 0 Å². The molecule has 0 aliphatic rings. The third-order valence-electron chi connectivity index (χ3n) is 6.61. The summed E-state index contributed by atoms with van der Waals surface area (Å²) < 4.78 is 43.9. The Morgan fingerprint density at radius 3 is 1.36 bits per heavy atom. The van der Waals surface area contributed by atoms with Crippen molar-refractivity contribution in [1.29, 1.82) is 0 Å². The van der Waals surface area contributed by atoms with E-state index >= 15 is 0 Å². The van der Waals surface area contributed by atoms with Gasteiger partial charge in [0.25, 0.3) is 0 Å². The molecule has 0 fully saturated rings. The Hall–Kier alpha value is -3.15. The van der Waals surface area contributed by atoms with Crippen molar-refractivity contribution < 1.29 is 13.2 Å². The second-order valence-corrected chi connectivity index (χ2v) is 10.9. The van der Waals surface area contributed by atoms with Crippen LogP contribution in [-0.2, 0) is 6.18 Å². The van der Waals surface area contributed by atoms with E-state index in [4.69, 9.17) is 46.4 Å². The van der Waals surface area contributed by atoms with Gasteiger partial charge in [0.05, 0.1) is 22.3 Å². The highest BCUT2D eigenvalue weighted by atomic mass is 35.5. The summed E-state index contributed by atoms with van der Waals surface area (Å²) in [6.45, 7) is 0. The first-order valence-electron chi connectivity index (χ1n) is 11.8. The van der Waals surface area contributed by atoms with Crippen LogP contribution in [0.5, 0.6) is 0 Å². The van der Waals surface area contributed by atoms with Crippen LogP contribution in [0.25, 0.3) is 49.7 Å². The molecule has 0 radical (unpaired) electrons. The first-order valence-corrected chi connectivity index (χ1v) is 13.3. The molecular weight excluding hydrogens is 585 g/mol. The molecule has 0 amide bonds. The topological polar surface area (TPSA) is 4.93 Å². The average molecular weight is 601 g/mol. The number of para-hydroxylation sites is 1. The van der Waals surface area contributed by atoms with Gasteiger partial charge in [0.15, 0.2) is 0 Å². The molecule has 6 aromatic rings. The monoisotopic (exact) mass is 599 g/mol. The van der Waals surface area contributed by atoms with Crippen molar-refractivity contribution >= 4 is 68.2 Å². The summed E-state index contributed by atoms with van der Waals surface area (Å²) >= 11 is 25.0. The molecular formula is C31H16Cl4F3N. The lowest BCUT2D eigenvalue weighted by atomic mass is 10.0. The molecule has 8 heteroatoms. The summed E-state index contributed by atoms with van der Waals surface area (Å²) in [6.07, 6.45) is -4.53. The summed E-state index contributed by atoms with van der Waals surface area (Å²) in [6, 6.07) is 27.3. The van der Waals surface area contributed by atoms with E-state index in [1.807, 2.05) is 36.4 Å². The number of halogens is 7. The van der Waals surface area contributed by atoms with Crippen LogP contribution < -0.4 is 0 Å². The Morgan fingerprint density at radius 2 is 0.923 bits per heavy atom. The highest BCUT2D eigenvalue weighted by molar-refractivity contribution is 6.35. The van der Waals surface area contributed by atoms with Crippen molar-refractivity contribution in [2.24, 2.45) is 0 Å². The fraction of sp³-hybridized carbons (Fsp3) is 0.0323. The second-order valence-electron chi connectivity index (χ2n) is 9.13. The number of benzene rings is 5. The summed E-state index contributed by atoms with van der Waals surface area (Å²) in [7, 11) is 0. The number of fused-ring (bicyclic) bond motifs is 3. The maximum absolute atomic E-state index is 14.1. The molecule has 0 aliphatic carbocycles. The number of aromatic nitrogens is 1. The SMILES string of the molecule is FC(F)(F)c1ccccc1-n1c2ccc(-c3cc(Cl)cc(Cl)c3)cc2c2cc(-c3cc(Cl)cc(Cl)c3)ccc21. The van der Waals surface area contributed by atoms with E-state index < -0.39 is 11.7 Å². The summed E-state index contributed by atoms with van der Waals surface area (Å²) in [5.74, 6) is 0. The van der Waals surface area contributed by atoms with Crippen LogP contribution >= 0.6 is 46.4 Å². The molecule has 0 N–H and O–H groups in total. The van der Waals surface area contributed by atoms with Gasteiger partial charge >= 0.3 is 6.18 Å². The van der Waals surface area contributed by atoms with Crippen molar-refractivity contribution in [2.45, 2.75) is 6.18 Å². The molecule has 0 atom stereocenters. The molecule has 6 rings (SSSR count). The van der Waals surface area contributed by atoms with Crippen LogP contribution in [0.3, 0.4) is 0 Å². The zero-order valence-corrected chi connectivity index (χ0v) is 22.9. The Kier molecular flexibility index (Phi) is 6.55. The average Bonchev–Trinajstić information content (AvgIpc) is 3.20. The predicted molar refractivity (Wildman–Crippen MR) is 157 cm³/mol. The Bertz CT molecular complexity index is 1760. The first-order chi connectivity index (χ1) is 18.6. The van der Waals surface area contributed by atoms with Gasteiger partial charge in [-0.2, -0.15) is 13.2 Å². The highest BCUT2D eigenvalue weighted by Gasteiger charge is 2.34. The Labute approximate surface area is 241 Å². The molecule has 0 saturated heterocycles. The number of hydrogen-bond acceptors (Lipinski definition) is 0. The quantitative estimate of drug-likeness (QED) is 0.190. The molecule has 194 valence electrons. The molecule has 1 heterocycles. The number of alkyl halides is 3. The predicted octanol–water partition coefficient (Wildman–Crippen LogP) is 11.8. The van der Waals surface area contributed by atoms with Gasteiger partial charge in [-0.05, 0) is 95.1 Å². The number of nitrogens with zero attached hydrogens (tertiary/aromatic N) is 1. The standard InChI is InChI=1S/C31H16Cl4F3N/c32-21-9-19(10-22(33)15-21)17-5-7-28-25(13-17)26-14-18(20-11-23(34)16-24(35)12-20)6-8-29(26)39(28)30-4-2-1-3-27(30)31(36,37)38/h1-16H. The van der Waals surface area contributed by atoms with Crippen molar-refractivity contribution in [2.75, 3.05) is 0 Å². The second kappa shape index (κ2) is 9.79.